The SMILES string of the molecule is S=C1C=N[C]=C1c1ccccc1. The summed E-state index contributed by atoms with van der Waals surface area (Å²) in [6, 6.07) is 9.94. The lowest BCUT2D eigenvalue weighted by molar-refractivity contribution is 1.55. The van der Waals surface area contributed by atoms with Crippen LogP contribution in [0, 0.1) is 6.20 Å². The van der Waals surface area contributed by atoms with Gasteiger partial charge in [-0.1, -0.05) is 42.5 Å². The standard InChI is InChI=1S/C10H6NS/c12-10-7-11-6-9(10)8-4-2-1-3-5-8/h1-5,7H. The molecule has 1 aliphatic heterocycles. The van der Waals surface area contributed by atoms with Gasteiger partial charge in [-0.15, -0.1) is 0 Å². The molecule has 1 aromatic rings. The van der Waals surface area contributed by atoms with Crippen molar-refractivity contribution in [1.82, 2.24) is 0 Å². The van der Waals surface area contributed by atoms with Crippen molar-refractivity contribution in [2.75, 3.05) is 0 Å². The molecule has 0 unspecified atom stereocenters. The molecule has 0 bridgehead atoms. The summed E-state index contributed by atoms with van der Waals surface area (Å²) >= 11 is 5.07. The lowest BCUT2D eigenvalue weighted by Crippen LogP contribution is -1.94. The average Bonchev–Trinajstić information content (AvgIpc) is 2.53. The first kappa shape index (κ1) is 7.37. The van der Waals surface area contributed by atoms with Gasteiger partial charge in [0.1, 0.15) is 0 Å². The molecule has 1 heterocycles. The van der Waals surface area contributed by atoms with Crippen LogP contribution in [0.5, 0.6) is 0 Å². The Bertz CT molecular complexity index is 363. The Morgan fingerprint density at radius 2 is 1.92 bits per heavy atom. The van der Waals surface area contributed by atoms with Crippen LogP contribution in [0.1, 0.15) is 5.56 Å². The maximum Gasteiger partial charge on any atom is 0.0987 e. The van der Waals surface area contributed by atoms with Gasteiger partial charge in [-0.05, 0) is 5.56 Å². The molecule has 12 heavy (non-hydrogen) atoms. The minimum Gasteiger partial charge on any atom is -0.252 e. The molecule has 0 saturated heterocycles. The molecular weight excluding hydrogens is 166 g/mol. The molecule has 1 aliphatic rings. The van der Waals surface area contributed by atoms with E-state index in [0.29, 0.717) is 0 Å². The van der Waals surface area contributed by atoms with E-state index >= 15 is 0 Å². The third-order valence-electron chi connectivity index (χ3n) is 1.67. The van der Waals surface area contributed by atoms with Crippen molar-refractivity contribution in [3.05, 3.63) is 42.1 Å². The molecule has 0 N–H and O–H groups in total. The molecule has 0 aromatic heterocycles. The van der Waals surface area contributed by atoms with Crippen molar-refractivity contribution < 1.29 is 0 Å². The third-order valence-corrected chi connectivity index (χ3v) is 1.98. The highest BCUT2D eigenvalue weighted by Gasteiger charge is 2.09. The van der Waals surface area contributed by atoms with Gasteiger partial charge in [0.25, 0.3) is 0 Å². The Kier molecular flexibility index (Phi) is 1.84. The summed E-state index contributed by atoms with van der Waals surface area (Å²) in [5, 5.41) is 0. The smallest absolute Gasteiger partial charge is 0.0987 e. The van der Waals surface area contributed by atoms with Crippen molar-refractivity contribution in [1.29, 1.82) is 0 Å². The lowest BCUT2D eigenvalue weighted by atomic mass is 10.1. The molecule has 2 rings (SSSR count). The fraction of sp³-hybridized carbons (Fsp3) is 0. The van der Waals surface area contributed by atoms with Crippen molar-refractivity contribution in [2.24, 2.45) is 4.99 Å². The third kappa shape index (κ3) is 1.21. The van der Waals surface area contributed by atoms with Crippen LogP contribution >= 0.6 is 12.2 Å². The van der Waals surface area contributed by atoms with Gasteiger partial charge in [-0.3, -0.25) is 4.99 Å². The summed E-state index contributed by atoms with van der Waals surface area (Å²) in [5.41, 5.74) is 2.01. The lowest BCUT2D eigenvalue weighted by Gasteiger charge is -1.98. The summed E-state index contributed by atoms with van der Waals surface area (Å²) in [5.74, 6) is 0. The van der Waals surface area contributed by atoms with Gasteiger partial charge >= 0.3 is 0 Å². The normalized spacial score (nSPS) is 15.0. The minimum absolute atomic E-state index is 0.765. The van der Waals surface area contributed by atoms with Crippen molar-refractivity contribution in [2.45, 2.75) is 0 Å². The molecule has 1 radical (unpaired) electrons. The largest absolute Gasteiger partial charge is 0.252 e. The van der Waals surface area contributed by atoms with Gasteiger partial charge < -0.3 is 0 Å². The van der Waals surface area contributed by atoms with Crippen LogP contribution < -0.4 is 0 Å². The van der Waals surface area contributed by atoms with E-state index in [1.165, 1.54) is 0 Å². The van der Waals surface area contributed by atoms with Gasteiger partial charge in [0.05, 0.1) is 11.1 Å². The molecule has 0 aliphatic carbocycles. The fourth-order valence-corrected chi connectivity index (χ4v) is 1.30. The van der Waals surface area contributed by atoms with Crippen LogP contribution in [-0.2, 0) is 0 Å². The fourth-order valence-electron chi connectivity index (χ4n) is 1.09. The quantitative estimate of drug-likeness (QED) is 0.592. The number of rotatable bonds is 1. The van der Waals surface area contributed by atoms with E-state index in [0.717, 1.165) is 16.0 Å². The predicted octanol–water partition coefficient (Wildman–Crippen LogP) is 2.28. The summed E-state index contributed by atoms with van der Waals surface area (Å²) in [6.07, 6.45) is 4.52. The molecule has 0 atom stereocenters. The van der Waals surface area contributed by atoms with E-state index in [1.54, 1.807) is 6.21 Å². The van der Waals surface area contributed by atoms with Gasteiger partial charge in [0, 0.05) is 11.8 Å². The van der Waals surface area contributed by atoms with E-state index in [4.69, 9.17) is 12.2 Å². The number of thiocarbonyl (C=S) groups is 1. The number of hydrogen-bond donors (Lipinski definition) is 0. The second kappa shape index (κ2) is 2.99. The zero-order chi connectivity index (χ0) is 8.39. The molecule has 2 heteroatoms. The topological polar surface area (TPSA) is 12.4 Å². The van der Waals surface area contributed by atoms with Crippen molar-refractivity contribution in [3.63, 3.8) is 0 Å². The van der Waals surface area contributed by atoms with Crippen LogP contribution in [0.3, 0.4) is 0 Å². The Morgan fingerprint density at radius 1 is 1.17 bits per heavy atom. The summed E-state index contributed by atoms with van der Waals surface area (Å²) in [4.78, 5) is 4.63. The first-order valence-electron chi connectivity index (χ1n) is 3.64. The highest BCUT2D eigenvalue weighted by Crippen LogP contribution is 2.17. The Labute approximate surface area is 76.4 Å². The second-order valence-electron chi connectivity index (χ2n) is 2.48. The second-order valence-corrected chi connectivity index (χ2v) is 2.92. The van der Waals surface area contributed by atoms with Gasteiger partial charge in [0.15, 0.2) is 0 Å². The number of benzene rings is 1. The van der Waals surface area contributed by atoms with Crippen LogP contribution in [0.2, 0.25) is 0 Å². The molecule has 0 fully saturated rings. The predicted molar refractivity (Wildman–Crippen MR) is 54.2 cm³/mol. The summed E-state index contributed by atoms with van der Waals surface area (Å²) in [6.45, 7) is 0. The Balaban J connectivity index is 2.40. The average molecular weight is 172 g/mol. The molecular formula is C10H6NS. The molecule has 0 spiro atoms. The van der Waals surface area contributed by atoms with Crippen LogP contribution in [0.4, 0.5) is 0 Å². The van der Waals surface area contributed by atoms with E-state index in [-0.39, 0.29) is 0 Å². The van der Waals surface area contributed by atoms with E-state index in [1.807, 2.05) is 30.3 Å². The van der Waals surface area contributed by atoms with Gasteiger partial charge in [-0.25, -0.2) is 0 Å². The monoisotopic (exact) mass is 172 g/mol. The summed E-state index contributed by atoms with van der Waals surface area (Å²) in [7, 11) is 0. The van der Waals surface area contributed by atoms with Gasteiger partial charge in [-0.2, -0.15) is 0 Å². The Morgan fingerprint density at radius 3 is 2.50 bits per heavy atom. The molecule has 0 saturated carbocycles. The Hall–Kier alpha value is -1.28. The first-order chi connectivity index (χ1) is 5.88. The van der Waals surface area contributed by atoms with Crippen LogP contribution in [0.15, 0.2) is 35.3 Å². The molecule has 0 amide bonds. The maximum absolute atomic E-state index is 5.07. The maximum atomic E-state index is 5.07. The summed E-state index contributed by atoms with van der Waals surface area (Å²) < 4.78 is 0. The van der Waals surface area contributed by atoms with Crippen molar-refractivity contribution >= 4 is 28.9 Å². The number of aliphatic imine (C=N–C) groups is 1. The number of allylic oxidation sites excluding steroid dienone is 1. The highest BCUT2D eigenvalue weighted by molar-refractivity contribution is 7.83. The zero-order valence-electron chi connectivity index (χ0n) is 6.32. The highest BCUT2D eigenvalue weighted by atomic mass is 32.1. The van der Waals surface area contributed by atoms with Crippen LogP contribution in [-0.4, -0.2) is 11.1 Å². The van der Waals surface area contributed by atoms with E-state index in [2.05, 4.69) is 11.2 Å². The first-order valence-corrected chi connectivity index (χ1v) is 4.04. The minimum atomic E-state index is 0.765. The van der Waals surface area contributed by atoms with Crippen molar-refractivity contribution in [3.8, 4) is 0 Å². The van der Waals surface area contributed by atoms with Gasteiger partial charge in [0.2, 0.25) is 0 Å². The van der Waals surface area contributed by atoms with E-state index < -0.39 is 0 Å². The number of hydrogen-bond acceptors (Lipinski definition) is 2. The van der Waals surface area contributed by atoms with Crippen LogP contribution in [0.25, 0.3) is 5.57 Å². The molecule has 1 nitrogen and oxygen atoms in total. The molecule has 57 valence electrons. The van der Waals surface area contributed by atoms with E-state index in [9.17, 15) is 0 Å². The zero-order valence-corrected chi connectivity index (χ0v) is 7.14. The molecule has 1 aromatic carbocycles. The number of nitrogens with zero attached hydrogens (tertiary/aromatic N) is 1.